The predicted octanol–water partition coefficient (Wildman–Crippen LogP) is 2.75. The second kappa shape index (κ2) is 5.19. The van der Waals surface area contributed by atoms with E-state index in [0.29, 0.717) is 0 Å². The fourth-order valence-electron chi connectivity index (χ4n) is 2.10. The molecule has 1 N–H and O–H groups in total. The number of rotatable bonds is 5. The van der Waals surface area contributed by atoms with Crippen LogP contribution >= 0.6 is 0 Å². The molecule has 0 saturated heterocycles. The van der Waals surface area contributed by atoms with E-state index in [0.717, 1.165) is 18.3 Å². The fourth-order valence-corrected chi connectivity index (χ4v) is 2.10. The van der Waals surface area contributed by atoms with Crippen LogP contribution in [0.5, 0.6) is 0 Å². The summed E-state index contributed by atoms with van der Waals surface area (Å²) in [5.74, 6) is 1.88. The number of nitrogens with one attached hydrogen (secondary N) is 1. The molecule has 1 aromatic heterocycles. The molecular formula is C13H21N3. The van der Waals surface area contributed by atoms with Crippen LogP contribution in [0.3, 0.4) is 0 Å². The molecule has 0 aromatic carbocycles. The minimum Gasteiger partial charge on any atom is -0.374 e. The van der Waals surface area contributed by atoms with Crippen LogP contribution in [0.2, 0.25) is 0 Å². The minimum absolute atomic E-state index is 0.903. The van der Waals surface area contributed by atoms with Gasteiger partial charge in [-0.15, -0.1) is 0 Å². The second-order valence-corrected chi connectivity index (χ2v) is 4.61. The van der Waals surface area contributed by atoms with E-state index >= 15 is 0 Å². The van der Waals surface area contributed by atoms with Crippen molar-refractivity contribution in [2.24, 2.45) is 5.92 Å². The molecule has 1 saturated carbocycles. The summed E-state index contributed by atoms with van der Waals surface area (Å²) < 4.78 is 0. The molecule has 0 unspecified atom stereocenters. The smallest absolute Gasteiger partial charge is 0.127 e. The van der Waals surface area contributed by atoms with Gasteiger partial charge in [-0.3, -0.25) is 0 Å². The lowest BCUT2D eigenvalue weighted by molar-refractivity contribution is 0.321. The topological polar surface area (TPSA) is 28.2 Å². The van der Waals surface area contributed by atoms with Crippen molar-refractivity contribution in [1.82, 2.24) is 4.98 Å². The molecule has 1 aromatic rings. The van der Waals surface area contributed by atoms with Gasteiger partial charge in [-0.25, -0.2) is 4.98 Å². The highest BCUT2D eigenvalue weighted by Gasteiger charge is 2.19. The van der Waals surface area contributed by atoms with Crippen molar-refractivity contribution in [2.45, 2.75) is 26.2 Å². The second-order valence-electron chi connectivity index (χ2n) is 4.61. The molecule has 2 rings (SSSR count). The lowest BCUT2D eigenvalue weighted by Crippen LogP contribution is -2.29. The quantitative estimate of drug-likeness (QED) is 0.825. The van der Waals surface area contributed by atoms with Crippen LogP contribution in [0, 0.1) is 5.92 Å². The first kappa shape index (κ1) is 11.2. The summed E-state index contributed by atoms with van der Waals surface area (Å²) in [6.07, 6.45) is 6.09. The van der Waals surface area contributed by atoms with Gasteiger partial charge in [-0.1, -0.05) is 6.42 Å². The molecule has 16 heavy (non-hydrogen) atoms. The van der Waals surface area contributed by atoms with Gasteiger partial charge < -0.3 is 10.2 Å². The predicted molar refractivity (Wildman–Crippen MR) is 69.0 cm³/mol. The normalized spacial score (nSPS) is 15.6. The van der Waals surface area contributed by atoms with Gasteiger partial charge in [0.25, 0.3) is 0 Å². The van der Waals surface area contributed by atoms with Gasteiger partial charge in [0.05, 0.1) is 0 Å². The van der Waals surface area contributed by atoms with Crippen molar-refractivity contribution in [3.05, 3.63) is 18.3 Å². The summed E-state index contributed by atoms with van der Waals surface area (Å²) in [5, 5.41) is 3.25. The third-order valence-electron chi connectivity index (χ3n) is 3.30. The standard InChI is InChI=1S/C13H21N3/c1-3-14-13-9-12(7-8-15-13)16(2)10-11-5-4-6-11/h7-9,11H,3-6,10H2,1-2H3,(H,14,15). The van der Waals surface area contributed by atoms with Gasteiger partial charge in [0.2, 0.25) is 0 Å². The minimum atomic E-state index is 0.903. The highest BCUT2D eigenvalue weighted by molar-refractivity contribution is 5.53. The molecular weight excluding hydrogens is 198 g/mol. The van der Waals surface area contributed by atoms with E-state index in [9.17, 15) is 0 Å². The number of hydrogen-bond donors (Lipinski definition) is 1. The van der Waals surface area contributed by atoms with E-state index in [4.69, 9.17) is 0 Å². The maximum atomic E-state index is 4.29. The molecule has 3 nitrogen and oxygen atoms in total. The van der Waals surface area contributed by atoms with Crippen LogP contribution < -0.4 is 10.2 Å². The van der Waals surface area contributed by atoms with Crippen LogP contribution in [0.1, 0.15) is 26.2 Å². The van der Waals surface area contributed by atoms with Crippen molar-refractivity contribution < 1.29 is 0 Å². The lowest BCUT2D eigenvalue weighted by atomic mass is 9.85. The first-order valence-electron chi connectivity index (χ1n) is 6.20. The average molecular weight is 219 g/mol. The Bertz CT molecular complexity index is 334. The lowest BCUT2D eigenvalue weighted by Gasteiger charge is -2.31. The van der Waals surface area contributed by atoms with Crippen LogP contribution in [-0.4, -0.2) is 25.1 Å². The van der Waals surface area contributed by atoms with Crippen molar-refractivity contribution >= 4 is 11.5 Å². The highest BCUT2D eigenvalue weighted by atomic mass is 15.1. The van der Waals surface area contributed by atoms with Crippen LogP contribution in [0.25, 0.3) is 0 Å². The maximum absolute atomic E-state index is 4.29. The maximum Gasteiger partial charge on any atom is 0.127 e. The largest absolute Gasteiger partial charge is 0.374 e. The van der Waals surface area contributed by atoms with Gasteiger partial charge in [0.1, 0.15) is 5.82 Å². The Hall–Kier alpha value is -1.25. The summed E-state index contributed by atoms with van der Waals surface area (Å²) in [6.45, 7) is 4.19. The van der Waals surface area contributed by atoms with E-state index in [1.54, 1.807) is 0 Å². The van der Waals surface area contributed by atoms with Gasteiger partial charge in [0.15, 0.2) is 0 Å². The Morgan fingerprint density at radius 2 is 2.31 bits per heavy atom. The Kier molecular flexibility index (Phi) is 3.65. The number of anilines is 2. The third kappa shape index (κ3) is 2.65. The molecule has 3 heteroatoms. The molecule has 0 aliphatic heterocycles. The van der Waals surface area contributed by atoms with Gasteiger partial charge in [-0.05, 0) is 31.7 Å². The number of nitrogens with zero attached hydrogens (tertiary/aromatic N) is 2. The molecule has 88 valence electrons. The van der Waals surface area contributed by atoms with E-state index in [1.807, 2.05) is 6.20 Å². The van der Waals surface area contributed by atoms with Crippen molar-refractivity contribution in [2.75, 3.05) is 30.4 Å². The van der Waals surface area contributed by atoms with Crippen LogP contribution in [0.15, 0.2) is 18.3 Å². The number of hydrogen-bond acceptors (Lipinski definition) is 3. The van der Waals surface area contributed by atoms with E-state index in [2.05, 4.69) is 41.3 Å². The molecule has 0 bridgehead atoms. The first-order valence-corrected chi connectivity index (χ1v) is 6.20. The van der Waals surface area contributed by atoms with E-state index in [1.165, 1.54) is 31.5 Å². The molecule has 1 fully saturated rings. The van der Waals surface area contributed by atoms with Crippen LogP contribution in [-0.2, 0) is 0 Å². The van der Waals surface area contributed by atoms with E-state index in [-0.39, 0.29) is 0 Å². The summed E-state index contributed by atoms with van der Waals surface area (Å²) in [4.78, 5) is 6.63. The zero-order valence-corrected chi connectivity index (χ0v) is 10.2. The molecule has 0 radical (unpaired) electrons. The highest BCUT2D eigenvalue weighted by Crippen LogP contribution is 2.28. The van der Waals surface area contributed by atoms with Crippen LogP contribution in [0.4, 0.5) is 11.5 Å². The first-order chi connectivity index (χ1) is 7.79. The zero-order chi connectivity index (χ0) is 11.4. The zero-order valence-electron chi connectivity index (χ0n) is 10.2. The molecule has 1 aliphatic carbocycles. The van der Waals surface area contributed by atoms with Gasteiger partial charge >= 0.3 is 0 Å². The summed E-state index contributed by atoms with van der Waals surface area (Å²) in [6, 6.07) is 4.21. The molecule has 1 heterocycles. The summed E-state index contributed by atoms with van der Waals surface area (Å²) in [7, 11) is 2.17. The number of pyridine rings is 1. The summed E-state index contributed by atoms with van der Waals surface area (Å²) in [5.41, 5.74) is 1.26. The molecule has 0 amide bonds. The van der Waals surface area contributed by atoms with Crippen molar-refractivity contribution in [3.63, 3.8) is 0 Å². The average Bonchev–Trinajstić information content (AvgIpc) is 2.24. The van der Waals surface area contributed by atoms with E-state index < -0.39 is 0 Å². The monoisotopic (exact) mass is 219 g/mol. The molecule has 1 aliphatic rings. The third-order valence-corrected chi connectivity index (χ3v) is 3.30. The van der Waals surface area contributed by atoms with Gasteiger partial charge in [-0.2, -0.15) is 0 Å². The Morgan fingerprint density at radius 1 is 1.50 bits per heavy atom. The number of aromatic nitrogens is 1. The SMILES string of the molecule is CCNc1cc(N(C)CC2CCC2)ccn1. The van der Waals surface area contributed by atoms with Crippen molar-refractivity contribution in [1.29, 1.82) is 0 Å². The summed E-state index contributed by atoms with van der Waals surface area (Å²) >= 11 is 0. The van der Waals surface area contributed by atoms with Crippen molar-refractivity contribution in [3.8, 4) is 0 Å². The molecule has 0 atom stereocenters. The Balaban J connectivity index is 1.97. The fraction of sp³-hybridized carbons (Fsp3) is 0.615. The Labute approximate surface area is 97.9 Å². The van der Waals surface area contributed by atoms with Gasteiger partial charge in [0, 0.05) is 38.1 Å². The Morgan fingerprint density at radius 3 is 2.94 bits per heavy atom. The molecule has 0 spiro atoms.